The lowest BCUT2D eigenvalue weighted by atomic mass is 9.98. The number of rotatable bonds is 3. The average molecular weight is 360 g/mol. The molecule has 0 spiro atoms. The van der Waals surface area contributed by atoms with Gasteiger partial charge in [-0.25, -0.2) is 4.98 Å². The van der Waals surface area contributed by atoms with Gasteiger partial charge < -0.3 is 14.4 Å². The Balaban J connectivity index is 1.69. The minimum Gasteiger partial charge on any atom is -0.486 e. The summed E-state index contributed by atoms with van der Waals surface area (Å²) in [6, 6.07) is 7.59. The summed E-state index contributed by atoms with van der Waals surface area (Å²) in [5, 5.41) is 0.980. The molecule has 1 aromatic heterocycles. The van der Waals surface area contributed by atoms with E-state index in [9.17, 15) is 4.79 Å². The van der Waals surface area contributed by atoms with Crippen LogP contribution >= 0.6 is 11.3 Å². The summed E-state index contributed by atoms with van der Waals surface area (Å²) in [5.41, 5.74) is 0.731. The lowest BCUT2D eigenvalue weighted by Gasteiger charge is -2.29. The van der Waals surface area contributed by atoms with Gasteiger partial charge in [0.15, 0.2) is 17.6 Å². The van der Waals surface area contributed by atoms with E-state index in [0.29, 0.717) is 18.0 Å². The van der Waals surface area contributed by atoms with Gasteiger partial charge in [-0.15, -0.1) is 11.3 Å². The van der Waals surface area contributed by atoms with Crippen molar-refractivity contribution in [3.05, 3.63) is 39.8 Å². The van der Waals surface area contributed by atoms with Crippen LogP contribution in [0.4, 0.5) is 0 Å². The van der Waals surface area contributed by atoms with E-state index < -0.39 is 0 Å². The van der Waals surface area contributed by atoms with E-state index in [1.165, 1.54) is 11.3 Å². The van der Waals surface area contributed by atoms with Crippen LogP contribution < -0.4 is 9.47 Å². The number of benzene rings is 1. The van der Waals surface area contributed by atoms with Gasteiger partial charge in [0.1, 0.15) is 11.5 Å². The highest BCUT2D eigenvalue weighted by Crippen LogP contribution is 2.32. The molecule has 1 unspecified atom stereocenters. The Morgan fingerprint density at radius 2 is 2.00 bits per heavy atom. The van der Waals surface area contributed by atoms with E-state index >= 15 is 0 Å². The first-order valence-electron chi connectivity index (χ1n) is 8.37. The monoisotopic (exact) mass is 360 g/mol. The summed E-state index contributed by atoms with van der Waals surface area (Å²) in [7, 11) is 1.79. The minimum atomic E-state index is -0.181. The SMILES string of the molecule is Cc1nc(C(C)(C)C)sc1C(=O)N(C)CC1COc2ccccc2O1. The van der Waals surface area contributed by atoms with Crippen LogP contribution in [0.2, 0.25) is 0 Å². The maximum Gasteiger partial charge on any atom is 0.265 e. The molecule has 0 saturated carbocycles. The summed E-state index contributed by atoms with van der Waals surface area (Å²) < 4.78 is 11.7. The number of para-hydroxylation sites is 2. The number of amides is 1. The van der Waals surface area contributed by atoms with Crippen molar-refractivity contribution in [2.24, 2.45) is 0 Å². The molecule has 0 bridgehead atoms. The fraction of sp³-hybridized carbons (Fsp3) is 0.474. The van der Waals surface area contributed by atoms with Crippen LogP contribution in [0, 0.1) is 6.92 Å². The lowest BCUT2D eigenvalue weighted by molar-refractivity contribution is 0.0523. The van der Waals surface area contributed by atoms with Gasteiger partial charge in [-0.3, -0.25) is 4.79 Å². The molecular formula is C19H24N2O3S. The molecule has 134 valence electrons. The second kappa shape index (κ2) is 6.67. The predicted octanol–water partition coefficient (Wildman–Crippen LogP) is 3.66. The van der Waals surface area contributed by atoms with Gasteiger partial charge in [0, 0.05) is 12.5 Å². The fourth-order valence-electron chi connectivity index (χ4n) is 2.63. The first-order valence-corrected chi connectivity index (χ1v) is 9.19. The third-order valence-corrected chi connectivity index (χ3v) is 5.60. The molecular weight excluding hydrogens is 336 g/mol. The molecule has 1 atom stereocenters. The molecule has 25 heavy (non-hydrogen) atoms. The van der Waals surface area contributed by atoms with Crippen molar-refractivity contribution < 1.29 is 14.3 Å². The maximum absolute atomic E-state index is 12.8. The molecule has 0 aliphatic carbocycles. The molecule has 5 nitrogen and oxygen atoms in total. The van der Waals surface area contributed by atoms with E-state index in [4.69, 9.17) is 9.47 Å². The van der Waals surface area contributed by atoms with Crippen molar-refractivity contribution >= 4 is 17.2 Å². The third-order valence-electron chi connectivity index (χ3n) is 4.02. The molecule has 1 amide bonds. The number of aryl methyl sites for hydroxylation is 1. The molecule has 3 rings (SSSR count). The molecule has 1 aromatic carbocycles. The zero-order valence-electron chi connectivity index (χ0n) is 15.3. The zero-order valence-corrected chi connectivity index (χ0v) is 16.1. The summed E-state index contributed by atoms with van der Waals surface area (Å²) in [6.07, 6.45) is -0.181. The topological polar surface area (TPSA) is 51.7 Å². The third kappa shape index (κ3) is 3.79. The molecule has 0 radical (unpaired) electrons. The van der Waals surface area contributed by atoms with Gasteiger partial charge in [-0.05, 0) is 19.1 Å². The summed E-state index contributed by atoms with van der Waals surface area (Å²) in [4.78, 5) is 19.8. The molecule has 6 heteroatoms. The quantitative estimate of drug-likeness (QED) is 0.838. The van der Waals surface area contributed by atoms with Crippen molar-refractivity contribution in [1.29, 1.82) is 0 Å². The van der Waals surface area contributed by atoms with Crippen LogP contribution in [0.1, 0.15) is 41.1 Å². The second-order valence-electron chi connectivity index (χ2n) is 7.37. The van der Waals surface area contributed by atoms with Crippen LogP contribution in [0.25, 0.3) is 0 Å². The highest BCUT2D eigenvalue weighted by Gasteiger charge is 2.28. The van der Waals surface area contributed by atoms with E-state index in [0.717, 1.165) is 22.2 Å². The lowest BCUT2D eigenvalue weighted by Crippen LogP contribution is -2.41. The van der Waals surface area contributed by atoms with Crippen LogP contribution in [0.3, 0.4) is 0 Å². The first-order chi connectivity index (χ1) is 11.8. The molecule has 0 N–H and O–H groups in total. The van der Waals surface area contributed by atoms with Crippen molar-refractivity contribution in [3.8, 4) is 11.5 Å². The highest BCUT2D eigenvalue weighted by atomic mass is 32.1. The van der Waals surface area contributed by atoms with Crippen molar-refractivity contribution in [1.82, 2.24) is 9.88 Å². The number of ether oxygens (including phenoxy) is 2. The number of hydrogen-bond donors (Lipinski definition) is 0. The van der Waals surface area contributed by atoms with E-state index in [1.807, 2.05) is 31.2 Å². The number of aromatic nitrogens is 1. The number of likely N-dealkylation sites (N-methyl/N-ethyl adjacent to an activating group) is 1. The Labute approximate surface area is 152 Å². The van der Waals surface area contributed by atoms with Crippen LogP contribution in [-0.2, 0) is 5.41 Å². The number of carbonyl (C=O) groups is 1. The van der Waals surface area contributed by atoms with Gasteiger partial charge >= 0.3 is 0 Å². The predicted molar refractivity (Wildman–Crippen MR) is 98.9 cm³/mol. The van der Waals surface area contributed by atoms with Crippen molar-refractivity contribution in [2.75, 3.05) is 20.2 Å². The van der Waals surface area contributed by atoms with E-state index in [1.54, 1.807) is 11.9 Å². The van der Waals surface area contributed by atoms with Gasteiger partial charge in [0.2, 0.25) is 0 Å². The first kappa shape index (κ1) is 17.7. The Morgan fingerprint density at radius 1 is 1.32 bits per heavy atom. The number of nitrogens with zero attached hydrogens (tertiary/aromatic N) is 2. The number of fused-ring (bicyclic) bond motifs is 1. The van der Waals surface area contributed by atoms with Crippen LogP contribution in [0.15, 0.2) is 24.3 Å². The fourth-order valence-corrected chi connectivity index (χ4v) is 3.75. The molecule has 2 heterocycles. The zero-order chi connectivity index (χ0) is 18.2. The molecule has 0 saturated heterocycles. The van der Waals surface area contributed by atoms with Crippen molar-refractivity contribution in [2.45, 2.75) is 39.2 Å². The smallest absolute Gasteiger partial charge is 0.265 e. The summed E-state index contributed by atoms with van der Waals surface area (Å²) in [5.74, 6) is 1.46. The number of carbonyl (C=O) groups excluding carboxylic acids is 1. The number of hydrogen-bond acceptors (Lipinski definition) is 5. The average Bonchev–Trinajstić information content (AvgIpc) is 2.96. The van der Waals surface area contributed by atoms with E-state index in [2.05, 4.69) is 25.8 Å². The summed E-state index contributed by atoms with van der Waals surface area (Å²) in [6.45, 7) is 9.11. The van der Waals surface area contributed by atoms with E-state index in [-0.39, 0.29) is 17.4 Å². The van der Waals surface area contributed by atoms with Gasteiger partial charge in [0.05, 0.1) is 17.2 Å². The standard InChI is InChI=1S/C19H24N2O3S/c1-12-16(25-18(20-12)19(2,3)4)17(22)21(5)10-13-11-23-14-8-6-7-9-15(14)24-13/h6-9,13H,10-11H2,1-5H3. The Bertz CT molecular complexity index is 779. The van der Waals surface area contributed by atoms with Crippen LogP contribution in [0.5, 0.6) is 11.5 Å². The van der Waals surface area contributed by atoms with Crippen molar-refractivity contribution in [3.63, 3.8) is 0 Å². The van der Waals surface area contributed by atoms with Crippen LogP contribution in [-0.4, -0.2) is 42.1 Å². The Hall–Kier alpha value is -2.08. The molecule has 0 fully saturated rings. The normalized spacial score (nSPS) is 16.6. The van der Waals surface area contributed by atoms with Gasteiger partial charge in [0.25, 0.3) is 5.91 Å². The molecule has 1 aliphatic heterocycles. The highest BCUT2D eigenvalue weighted by molar-refractivity contribution is 7.14. The molecule has 2 aromatic rings. The Kier molecular flexibility index (Phi) is 4.73. The van der Waals surface area contributed by atoms with Gasteiger partial charge in [-0.1, -0.05) is 32.9 Å². The molecule has 1 aliphatic rings. The number of thiazole rings is 1. The minimum absolute atomic E-state index is 0.0204. The van der Waals surface area contributed by atoms with Gasteiger partial charge in [-0.2, -0.15) is 0 Å². The largest absolute Gasteiger partial charge is 0.486 e. The summed E-state index contributed by atoms with van der Waals surface area (Å²) >= 11 is 1.48. The Morgan fingerprint density at radius 3 is 2.64 bits per heavy atom. The second-order valence-corrected chi connectivity index (χ2v) is 8.37. The maximum atomic E-state index is 12.8.